The minimum absolute atomic E-state index is 0.0579. The molecule has 1 aromatic heterocycles. The summed E-state index contributed by atoms with van der Waals surface area (Å²) in [6, 6.07) is 17.4. The van der Waals surface area contributed by atoms with Crippen LogP contribution in [-0.4, -0.2) is 34.5 Å². The van der Waals surface area contributed by atoms with E-state index in [1.165, 1.54) is 0 Å². The zero-order valence-electron chi connectivity index (χ0n) is 18.6. The highest BCUT2D eigenvalue weighted by Crippen LogP contribution is 2.35. The third kappa shape index (κ3) is 5.12. The Bertz CT molecular complexity index is 1110. The van der Waals surface area contributed by atoms with E-state index in [1.54, 1.807) is 12.4 Å². The van der Waals surface area contributed by atoms with Crippen molar-refractivity contribution in [1.82, 2.24) is 15.2 Å². The normalized spacial score (nSPS) is 16.6. The molecule has 0 aliphatic carbocycles. The molecule has 32 heavy (non-hydrogen) atoms. The maximum Gasteiger partial charge on any atom is 0.242 e. The first-order valence-corrected chi connectivity index (χ1v) is 11.2. The Morgan fingerprint density at radius 2 is 2.00 bits per heavy atom. The first kappa shape index (κ1) is 22.3. The highest BCUT2D eigenvalue weighted by Gasteiger charge is 2.34. The van der Waals surface area contributed by atoms with E-state index in [0.29, 0.717) is 30.5 Å². The first-order chi connectivity index (χ1) is 15.3. The number of nitrogens with one attached hydrogen (secondary N) is 1. The van der Waals surface area contributed by atoms with Crippen LogP contribution in [0, 0.1) is 0 Å². The molecule has 1 N–H and O–H groups in total. The lowest BCUT2D eigenvalue weighted by Gasteiger charge is -2.32. The number of nitrogens with zero attached hydrogens (tertiary/aromatic N) is 2. The van der Waals surface area contributed by atoms with Gasteiger partial charge in [-0.15, -0.1) is 0 Å². The van der Waals surface area contributed by atoms with Gasteiger partial charge in [0.2, 0.25) is 5.91 Å². The molecule has 1 aliphatic rings. The molecule has 0 saturated heterocycles. The molecule has 0 spiro atoms. The van der Waals surface area contributed by atoms with Gasteiger partial charge < -0.3 is 10.1 Å². The number of ether oxygens (including phenoxy) is 1. The number of aromatic nitrogens is 1. The third-order valence-corrected chi connectivity index (χ3v) is 5.61. The standard InChI is InChI=1S/C26H28ClN3O2/c1-26(2,3)29-25(31)24-22-16-28-12-11-23(22)32-14-13-30(24)17-19-7-4-5-10-21(19)18-8-6-9-20(27)15-18/h4-12,15-16,24H,13-14,17H2,1-3H3,(H,29,31). The number of benzene rings is 2. The minimum Gasteiger partial charge on any atom is -0.492 e. The van der Waals surface area contributed by atoms with Crippen LogP contribution in [0.1, 0.15) is 37.9 Å². The van der Waals surface area contributed by atoms with Crippen LogP contribution in [0.15, 0.2) is 67.0 Å². The fourth-order valence-corrected chi connectivity index (χ4v) is 4.25. The number of hydrogen-bond donors (Lipinski definition) is 1. The van der Waals surface area contributed by atoms with E-state index in [0.717, 1.165) is 22.3 Å². The van der Waals surface area contributed by atoms with Gasteiger partial charge in [-0.05, 0) is 55.7 Å². The topological polar surface area (TPSA) is 54.5 Å². The highest BCUT2D eigenvalue weighted by molar-refractivity contribution is 6.30. The molecule has 166 valence electrons. The second kappa shape index (κ2) is 9.31. The van der Waals surface area contributed by atoms with E-state index in [4.69, 9.17) is 16.3 Å². The zero-order chi connectivity index (χ0) is 22.7. The van der Waals surface area contributed by atoms with Crippen molar-refractivity contribution < 1.29 is 9.53 Å². The number of carbonyl (C=O) groups is 1. The van der Waals surface area contributed by atoms with Crippen LogP contribution in [0.25, 0.3) is 11.1 Å². The van der Waals surface area contributed by atoms with E-state index in [9.17, 15) is 4.79 Å². The predicted molar refractivity (Wildman–Crippen MR) is 128 cm³/mol. The summed E-state index contributed by atoms with van der Waals surface area (Å²) < 4.78 is 5.98. The SMILES string of the molecule is CC(C)(C)NC(=O)C1c2cnccc2OCCN1Cc1ccccc1-c1cccc(Cl)c1. The Hall–Kier alpha value is -2.89. The van der Waals surface area contributed by atoms with Crippen molar-refractivity contribution >= 4 is 17.5 Å². The van der Waals surface area contributed by atoms with E-state index >= 15 is 0 Å². The number of pyridine rings is 1. The molecule has 5 nitrogen and oxygen atoms in total. The number of hydrogen-bond acceptors (Lipinski definition) is 4. The molecule has 3 aromatic rings. The van der Waals surface area contributed by atoms with Crippen molar-refractivity contribution in [3.05, 3.63) is 83.1 Å². The molecule has 4 rings (SSSR count). The number of halogens is 1. The second-order valence-electron chi connectivity index (χ2n) is 9.04. The summed E-state index contributed by atoms with van der Waals surface area (Å²) in [4.78, 5) is 19.9. The van der Waals surface area contributed by atoms with Gasteiger partial charge >= 0.3 is 0 Å². The Morgan fingerprint density at radius 1 is 1.19 bits per heavy atom. The van der Waals surface area contributed by atoms with E-state index < -0.39 is 6.04 Å². The lowest BCUT2D eigenvalue weighted by Crippen LogP contribution is -2.47. The maximum absolute atomic E-state index is 13.5. The average molecular weight is 450 g/mol. The van der Waals surface area contributed by atoms with Crippen LogP contribution in [0.2, 0.25) is 5.02 Å². The quantitative estimate of drug-likeness (QED) is 0.590. The summed E-state index contributed by atoms with van der Waals surface area (Å²) in [6.45, 7) is 7.65. The number of carbonyl (C=O) groups excluding carboxylic acids is 1. The van der Waals surface area contributed by atoms with Gasteiger partial charge in [0.15, 0.2) is 0 Å². The maximum atomic E-state index is 13.5. The molecule has 0 fully saturated rings. The van der Waals surface area contributed by atoms with Crippen LogP contribution in [0.5, 0.6) is 5.75 Å². The zero-order valence-corrected chi connectivity index (χ0v) is 19.4. The third-order valence-electron chi connectivity index (χ3n) is 5.38. The van der Waals surface area contributed by atoms with E-state index in [2.05, 4.69) is 33.4 Å². The van der Waals surface area contributed by atoms with Crippen LogP contribution in [-0.2, 0) is 11.3 Å². The Labute approximate surface area is 194 Å². The summed E-state index contributed by atoms with van der Waals surface area (Å²) in [7, 11) is 0. The summed E-state index contributed by atoms with van der Waals surface area (Å²) in [5, 5.41) is 3.84. The molecular formula is C26H28ClN3O2. The van der Waals surface area contributed by atoms with Crippen LogP contribution >= 0.6 is 11.6 Å². The van der Waals surface area contributed by atoms with Crippen LogP contribution in [0.3, 0.4) is 0 Å². The Balaban J connectivity index is 1.73. The molecule has 2 heterocycles. The van der Waals surface area contributed by atoms with Crippen molar-refractivity contribution in [3.8, 4) is 16.9 Å². The van der Waals surface area contributed by atoms with Gasteiger partial charge in [0, 0.05) is 41.6 Å². The lowest BCUT2D eigenvalue weighted by molar-refractivity contribution is -0.128. The van der Waals surface area contributed by atoms with Gasteiger partial charge in [-0.25, -0.2) is 0 Å². The van der Waals surface area contributed by atoms with Crippen molar-refractivity contribution in [2.24, 2.45) is 0 Å². The number of amides is 1. The summed E-state index contributed by atoms with van der Waals surface area (Å²) in [5.74, 6) is 0.650. The summed E-state index contributed by atoms with van der Waals surface area (Å²) >= 11 is 6.26. The fraction of sp³-hybridized carbons (Fsp3) is 0.308. The van der Waals surface area contributed by atoms with E-state index in [-0.39, 0.29) is 11.4 Å². The molecule has 1 amide bonds. The molecule has 0 radical (unpaired) electrons. The van der Waals surface area contributed by atoms with Crippen LogP contribution < -0.4 is 10.1 Å². The number of rotatable bonds is 4. The molecule has 0 saturated carbocycles. The molecule has 2 aromatic carbocycles. The molecule has 1 aliphatic heterocycles. The van der Waals surface area contributed by atoms with Crippen molar-refractivity contribution in [2.75, 3.05) is 13.2 Å². The minimum atomic E-state index is -0.507. The Kier molecular flexibility index (Phi) is 6.49. The average Bonchev–Trinajstić information content (AvgIpc) is 2.92. The molecule has 0 bridgehead atoms. The monoisotopic (exact) mass is 449 g/mol. The van der Waals surface area contributed by atoms with Gasteiger partial charge in [0.25, 0.3) is 0 Å². The molecule has 1 unspecified atom stereocenters. The van der Waals surface area contributed by atoms with Gasteiger partial charge in [-0.2, -0.15) is 0 Å². The van der Waals surface area contributed by atoms with Crippen LogP contribution in [0.4, 0.5) is 0 Å². The van der Waals surface area contributed by atoms with Crippen molar-refractivity contribution in [3.63, 3.8) is 0 Å². The first-order valence-electron chi connectivity index (χ1n) is 10.8. The highest BCUT2D eigenvalue weighted by atomic mass is 35.5. The van der Waals surface area contributed by atoms with E-state index in [1.807, 2.05) is 57.2 Å². The summed E-state index contributed by atoms with van der Waals surface area (Å²) in [5.41, 5.74) is 3.71. The van der Waals surface area contributed by atoms with Gasteiger partial charge in [0.05, 0.1) is 0 Å². The van der Waals surface area contributed by atoms with Gasteiger partial charge in [-0.1, -0.05) is 48.0 Å². The lowest BCUT2D eigenvalue weighted by atomic mass is 9.97. The fourth-order valence-electron chi connectivity index (χ4n) is 4.06. The van der Waals surface area contributed by atoms with Gasteiger partial charge in [0.1, 0.15) is 18.4 Å². The van der Waals surface area contributed by atoms with Crippen molar-refractivity contribution in [1.29, 1.82) is 0 Å². The molecule has 6 heteroatoms. The van der Waals surface area contributed by atoms with Crippen molar-refractivity contribution in [2.45, 2.75) is 38.9 Å². The smallest absolute Gasteiger partial charge is 0.242 e. The predicted octanol–water partition coefficient (Wildman–Crippen LogP) is 5.25. The Morgan fingerprint density at radius 3 is 2.78 bits per heavy atom. The largest absolute Gasteiger partial charge is 0.492 e. The molecule has 1 atom stereocenters. The summed E-state index contributed by atoms with van der Waals surface area (Å²) in [6.07, 6.45) is 3.44. The number of fused-ring (bicyclic) bond motifs is 1. The van der Waals surface area contributed by atoms with Gasteiger partial charge in [-0.3, -0.25) is 14.7 Å². The molecular weight excluding hydrogens is 422 g/mol. The second-order valence-corrected chi connectivity index (χ2v) is 9.48.